The molecule has 0 spiro atoms. The minimum absolute atomic E-state index is 0.245. The largest absolute Gasteiger partial charge is 0.478 e. The van der Waals surface area contributed by atoms with E-state index in [0.717, 1.165) is 22.4 Å². The Bertz CT molecular complexity index is 695. The van der Waals surface area contributed by atoms with E-state index in [0.29, 0.717) is 18.5 Å². The molecule has 4 heteroatoms. The third-order valence-corrected chi connectivity index (χ3v) is 3.45. The Morgan fingerprint density at radius 1 is 1.37 bits per heavy atom. The van der Waals surface area contributed by atoms with Crippen LogP contribution in [-0.2, 0) is 12.8 Å². The van der Waals surface area contributed by atoms with E-state index >= 15 is 0 Å². The van der Waals surface area contributed by atoms with E-state index in [-0.39, 0.29) is 11.4 Å². The predicted molar refractivity (Wildman–Crippen MR) is 68.8 cm³/mol. The number of nitrogens with zero attached hydrogens (tertiary/aromatic N) is 1. The van der Waals surface area contributed by atoms with Crippen LogP contribution in [0.3, 0.4) is 0 Å². The number of pyridine rings is 1. The zero-order valence-electron chi connectivity index (χ0n) is 10.4. The molecule has 1 aromatic heterocycles. The Balaban J connectivity index is 2.21. The zero-order valence-corrected chi connectivity index (χ0v) is 10.4. The van der Waals surface area contributed by atoms with Crippen LogP contribution in [0.25, 0.3) is 11.3 Å². The molecular formula is C15H12FNO2. The van der Waals surface area contributed by atoms with Crippen LogP contribution >= 0.6 is 0 Å². The maximum atomic E-state index is 13.2. The molecule has 1 N–H and O–H groups in total. The van der Waals surface area contributed by atoms with Crippen molar-refractivity contribution in [2.24, 2.45) is 0 Å². The molecule has 2 aromatic rings. The first-order chi connectivity index (χ1) is 9.10. The van der Waals surface area contributed by atoms with E-state index in [1.807, 2.05) is 6.92 Å². The van der Waals surface area contributed by atoms with Crippen LogP contribution in [0.15, 0.2) is 24.3 Å². The van der Waals surface area contributed by atoms with Crippen molar-refractivity contribution >= 4 is 5.97 Å². The first kappa shape index (κ1) is 11.8. The van der Waals surface area contributed by atoms with Gasteiger partial charge in [-0.15, -0.1) is 0 Å². The number of carboxylic acids is 1. The summed E-state index contributed by atoms with van der Waals surface area (Å²) in [5, 5.41) is 9.19. The highest BCUT2D eigenvalue weighted by Gasteiger charge is 2.23. The fourth-order valence-electron chi connectivity index (χ4n) is 2.56. The summed E-state index contributed by atoms with van der Waals surface area (Å²) in [6.45, 7) is 1.88. The van der Waals surface area contributed by atoms with Crippen LogP contribution in [0.5, 0.6) is 0 Å². The molecule has 3 rings (SSSR count). The highest BCUT2D eigenvalue weighted by atomic mass is 19.1. The van der Waals surface area contributed by atoms with Gasteiger partial charge in [0.25, 0.3) is 0 Å². The maximum absolute atomic E-state index is 13.2. The number of carboxylic acid groups (broad SMARTS) is 1. The van der Waals surface area contributed by atoms with Gasteiger partial charge in [0, 0.05) is 12.0 Å². The molecule has 0 saturated heterocycles. The summed E-state index contributed by atoms with van der Waals surface area (Å²) in [5.74, 6) is -1.24. The lowest BCUT2D eigenvalue weighted by molar-refractivity contribution is 0.0695. The van der Waals surface area contributed by atoms with E-state index < -0.39 is 5.97 Å². The van der Waals surface area contributed by atoms with Gasteiger partial charge in [-0.05, 0) is 41.8 Å². The third-order valence-electron chi connectivity index (χ3n) is 3.45. The van der Waals surface area contributed by atoms with Crippen LogP contribution in [0.2, 0.25) is 0 Å². The predicted octanol–water partition coefficient (Wildman–Crippen LogP) is 3.05. The van der Waals surface area contributed by atoms with Crippen molar-refractivity contribution < 1.29 is 14.3 Å². The molecule has 19 heavy (non-hydrogen) atoms. The van der Waals surface area contributed by atoms with Gasteiger partial charge in [0.1, 0.15) is 5.82 Å². The van der Waals surface area contributed by atoms with Gasteiger partial charge in [0.05, 0.1) is 17.0 Å². The molecule has 1 heterocycles. The number of aromatic carboxylic acids is 1. The lowest BCUT2D eigenvalue weighted by Gasteiger charge is -2.07. The van der Waals surface area contributed by atoms with Crippen molar-refractivity contribution in [2.75, 3.05) is 0 Å². The van der Waals surface area contributed by atoms with Gasteiger partial charge in [0.15, 0.2) is 0 Å². The van der Waals surface area contributed by atoms with E-state index in [1.54, 1.807) is 12.1 Å². The van der Waals surface area contributed by atoms with Crippen molar-refractivity contribution in [2.45, 2.75) is 19.8 Å². The van der Waals surface area contributed by atoms with Crippen molar-refractivity contribution in [3.05, 3.63) is 52.5 Å². The average molecular weight is 257 g/mol. The first-order valence-corrected chi connectivity index (χ1v) is 6.15. The average Bonchev–Trinajstić information content (AvgIpc) is 2.73. The fourth-order valence-corrected chi connectivity index (χ4v) is 2.56. The number of rotatable bonds is 2. The summed E-state index contributed by atoms with van der Waals surface area (Å²) in [4.78, 5) is 15.7. The van der Waals surface area contributed by atoms with E-state index in [2.05, 4.69) is 4.98 Å². The Morgan fingerprint density at radius 3 is 2.84 bits per heavy atom. The normalized spacial score (nSPS) is 12.1. The second-order valence-corrected chi connectivity index (χ2v) is 4.63. The highest BCUT2D eigenvalue weighted by Crippen LogP contribution is 2.36. The van der Waals surface area contributed by atoms with Gasteiger partial charge in [-0.25, -0.2) is 9.18 Å². The fraction of sp³-hybridized carbons (Fsp3) is 0.200. The van der Waals surface area contributed by atoms with Crippen LogP contribution in [0, 0.1) is 5.82 Å². The standard InChI is InChI=1S/C15H12FNO2/c1-2-13-12(15(18)19)7-9-5-8-6-10(16)3-4-11(8)14(9)17-13/h3-4,6-7H,2,5H2,1H3,(H,18,19). The van der Waals surface area contributed by atoms with Crippen LogP contribution in [0.4, 0.5) is 4.39 Å². The van der Waals surface area contributed by atoms with Crippen molar-refractivity contribution in [3.8, 4) is 11.3 Å². The van der Waals surface area contributed by atoms with Crippen LogP contribution in [-0.4, -0.2) is 16.1 Å². The number of halogens is 1. The van der Waals surface area contributed by atoms with Crippen molar-refractivity contribution in [1.29, 1.82) is 0 Å². The Hall–Kier alpha value is -2.23. The smallest absolute Gasteiger partial charge is 0.337 e. The number of aromatic nitrogens is 1. The number of fused-ring (bicyclic) bond motifs is 3. The Labute approximate surface area is 109 Å². The summed E-state index contributed by atoms with van der Waals surface area (Å²) in [7, 11) is 0. The van der Waals surface area contributed by atoms with E-state index in [4.69, 9.17) is 0 Å². The number of hydrogen-bond acceptors (Lipinski definition) is 2. The minimum atomic E-state index is -0.964. The molecule has 0 bridgehead atoms. The Kier molecular flexibility index (Phi) is 2.59. The number of carbonyl (C=O) groups is 1. The molecule has 1 aliphatic carbocycles. The number of benzene rings is 1. The summed E-state index contributed by atoms with van der Waals surface area (Å²) >= 11 is 0. The second-order valence-electron chi connectivity index (χ2n) is 4.63. The molecule has 0 atom stereocenters. The van der Waals surface area contributed by atoms with Gasteiger partial charge < -0.3 is 5.11 Å². The maximum Gasteiger partial charge on any atom is 0.337 e. The molecule has 3 nitrogen and oxygen atoms in total. The minimum Gasteiger partial charge on any atom is -0.478 e. The molecule has 0 unspecified atom stereocenters. The molecule has 0 fully saturated rings. The van der Waals surface area contributed by atoms with Crippen LogP contribution in [0.1, 0.15) is 34.1 Å². The molecule has 0 amide bonds. The summed E-state index contributed by atoms with van der Waals surface area (Å²) in [5.41, 5.74) is 4.24. The highest BCUT2D eigenvalue weighted by molar-refractivity contribution is 5.90. The molecule has 96 valence electrons. The third kappa shape index (κ3) is 1.80. The number of hydrogen-bond donors (Lipinski definition) is 1. The summed E-state index contributed by atoms with van der Waals surface area (Å²) in [6, 6.07) is 6.28. The molecule has 1 aromatic carbocycles. The van der Waals surface area contributed by atoms with Gasteiger partial charge in [-0.2, -0.15) is 0 Å². The molecule has 0 aliphatic heterocycles. The van der Waals surface area contributed by atoms with Crippen molar-refractivity contribution in [3.63, 3.8) is 0 Å². The lowest BCUT2D eigenvalue weighted by atomic mass is 10.1. The molecule has 0 saturated carbocycles. The quantitative estimate of drug-likeness (QED) is 0.767. The number of aryl methyl sites for hydroxylation is 1. The topological polar surface area (TPSA) is 50.2 Å². The van der Waals surface area contributed by atoms with E-state index in [9.17, 15) is 14.3 Å². The Morgan fingerprint density at radius 2 is 2.16 bits per heavy atom. The van der Waals surface area contributed by atoms with Crippen molar-refractivity contribution in [1.82, 2.24) is 4.98 Å². The second kappa shape index (κ2) is 4.16. The molecular weight excluding hydrogens is 245 g/mol. The van der Waals surface area contributed by atoms with E-state index in [1.165, 1.54) is 12.1 Å². The van der Waals surface area contributed by atoms with Gasteiger partial charge in [-0.1, -0.05) is 6.92 Å². The van der Waals surface area contributed by atoms with Gasteiger partial charge >= 0.3 is 5.97 Å². The monoisotopic (exact) mass is 257 g/mol. The summed E-state index contributed by atoms with van der Waals surface area (Å²) in [6.07, 6.45) is 1.10. The zero-order chi connectivity index (χ0) is 13.6. The summed E-state index contributed by atoms with van der Waals surface area (Å²) < 4.78 is 13.2. The van der Waals surface area contributed by atoms with Gasteiger partial charge in [0.2, 0.25) is 0 Å². The SMILES string of the molecule is CCc1nc2c(cc1C(=O)O)Cc1cc(F)ccc1-2. The lowest BCUT2D eigenvalue weighted by Crippen LogP contribution is -2.06. The molecule has 1 aliphatic rings. The molecule has 0 radical (unpaired) electrons. The first-order valence-electron chi connectivity index (χ1n) is 6.15. The van der Waals surface area contributed by atoms with Gasteiger partial charge in [-0.3, -0.25) is 4.98 Å². The van der Waals surface area contributed by atoms with Crippen LogP contribution < -0.4 is 0 Å².